The van der Waals surface area contributed by atoms with Crippen LogP contribution in [0.15, 0.2) is 72.8 Å². The van der Waals surface area contributed by atoms with Crippen LogP contribution < -0.4 is 15.5 Å². The Kier molecular flexibility index (Phi) is 9.40. The van der Waals surface area contributed by atoms with Crippen LogP contribution in [0.2, 0.25) is 10.0 Å². The molecule has 3 aromatic rings. The predicted octanol–water partition coefficient (Wildman–Crippen LogP) is 7.60. The van der Waals surface area contributed by atoms with Gasteiger partial charge in [-0.1, -0.05) is 53.5 Å². The molecule has 1 fully saturated rings. The number of hydrogen-bond acceptors (Lipinski definition) is 5. The number of hydrogen-bond donors (Lipinski definition) is 2. The summed E-state index contributed by atoms with van der Waals surface area (Å²) < 4.78 is 10.7. The van der Waals surface area contributed by atoms with Gasteiger partial charge in [-0.3, -0.25) is 9.69 Å². The second-order valence-electron chi connectivity index (χ2n) is 11.0. The lowest BCUT2D eigenvalue weighted by atomic mass is 9.93. The van der Waals surface area contributed by atoms with Crippen molar-refractivity contribution < 1.29 is 23.9 Å². The number of carbonyl (C=O) groups is 3. The maximum atomic E-state index is 13.6. The molecule has 1 unspecified atom stereocenters. The van der Waals surface area contributed by atoms with Gasteiger partial charge in [0.1, 0.15) is 0 Å². The summed E-state index contributed by atoms with van der Waals surface area (Å²) in [5, 5.41) is 6.43. The summed E-state index contributed by atoms with van der Waals surface area (Å²) in [7, 11) is 0. The van der Waals surface area contributed by atoms with Crippen LogP contribution >= 0.6 is 23.2 Å². The molecular formula is C33H33Cl2N3O5. The third-order valence-corrected chi connectivity index (χ3v) is 7.68. The summed E-state index contributed by atoms with van der Waals surface area (Å²) >= 11 is 12.3. The number of ether oxygens (including phenoxy) is 2. The van der Waals surface area contributed by atoms with Crippen LogP contribution in [0.1, 0.15) is 61.0 Å². The Hall–Kier alpha value is -3.85. The Bertz CT molecular complexity index is 1520. The summed E-state index contributed by atoms with van der Waals surface area (Å²) in [5.41, 5.74) is 4.88. The number of amides is 3. The number of benzene rings is 3. The van der Waals surface area contributed by atoms with Gasteiger partial charge < -0.3 is 20.1 Å². The van der Waals surface area contributed by atoms with Gasteiger partial charge in [-0.2, -0.15) is 0 Å². The number of allylic oxidation sites excluding steroid dienone is 2. The summed E-state index contributed by atoms with van der Waals surface area (Å²) in [6.45, 7) is 3.52. The van der Waals surface area contributed by atoms with E-state index in [9.17, 15) is 14.4 Å². The van der Waals surface area contributed by atoms with Crippen molar-refractivity contribution in [2.24, 2.45) is 0 Å². The van der Waals surface area contributed by atoms with E-state index in [-0.39, 0.29) is 25.0 Å². The molecule has 3 aromatic carbocycles. The number of anilines is 2. The molecule has 0 radical (unpaired) electrons. The highest BCUT2D eigenvalue weighted by molar-refractivity contribution is 6.35. The molecule has 0 spiro atoms. The van der Waals surface area contributed by atoms with Crippen molar-refractivity contribution in [1.82, 2.24) is 5.32 Å². The molecule has 2 N–H and O–H groups in total. The molecule has 224 valence electrons. The van der Waals surface area contributed by atoms with Gasteiger partial charge in [0.05, 0.1) is 13.1 Å². The van der Waals surface area contributed by atoms with Crippen LogP contribution in [0.25, 0.3) is 5.57 Å². The lowest BCUT2D eigenvalue weighted by molar-refractivity contribution is -0.160. The molecule has 1 heterocycles. The Morgan fingerprint density at radius 1 is 0.977 bits per heavy atom. The second-order valence-corrected chi connectivity index (χ2v) is 11.9. The Morgan fingerprint density at radius 3 is 2.28 bits per heavy atom. The minimum absolute atomic E-state index is 0.00276. The van der Waals surface area contributed by atoms with Crippen LogP contribution in [-0.4, -0.2) is 36.3 Å². The first-order valence-electron chi connectivity index (χ1n) is 14.2. The number of nitrogens with one attached hydrogen (secondary N) is 2. The highest BCUT2D eigenvalue weighted by atomic mass is 35.5. The summed E-state index contributed by atoms with van der Waals surface area (Å²) in [6, 6.07) is 19.4. The first-order chi connectivity index (χ1) is 20.6. The fourth-order valence-corrected chi connectivity index (χ4v) is 5.66. The Balaban J connectivity index is 1.31. The van der Waals surface area contributed by atoms with Crippen LogP contribution in [0, 0.1) is 0 Å². The molecule has 10 heteroatoms. The van der Waals surface area contributed by atoms with Crippen molar-refractivity contribution in [3.05, 3.63) is 99.5 Å². The van der Waals surface area contributed by atoms with Gasteiger partial charge in [0.2, 0.25) is 5.79 Å². The van der Waals surface area contributed by atoms with Gasteiger partial charge >= 0.3 is 12.0 Å². The van der Waals surface area contributed by atoms with Gasteiger partial charge in [0, 0.05) is 40.8 Å². The second kappa shape index (κ2) is 13.2. The molecule has 0 saturated carbocycles. The average Bonchev–Trinajstić information content (AvgIpc) is 3.25. The maximum absolute atomic E-state index is 13.6. The van der Waals surface area contributed by atoms with Gasteiger partial charge in [0.15, 0.2) is 6.10 Å². The number of nitrogens with zero attached hydrogens (tertiary/aromatic N) is 1. The number of esters is 1. The van der Waals surface area contributed by atoms with Crippen molar-refractivity contribution >= 4 is 58.1 Å². The number of rotatable bonds is 8. The van der Waals surface area contributed by atoms with Crippen molar-refractivity contribution in [2.75, 3.05) is 16.8 Å². The van der Waals surface area contributed by atoms with Crippen molar-refractivity contribution in [3.63, 3.8) is 0 Å². The normalized spacial score (nSPS) is 17.5. The van der Waals surface area contributed by atoms with Crippen LogP contribution in [0.5, 0.6) is 0 Å². The van der Waals surface area contributed by atoms with Crippen LogP contribution in [-0.2, 0) is 20.8 Å². The molecule has 0 aromatic heterocycles. The molecule has 1 atom stereocenters. The third kappa shape index (κ3) is 7.96. The summed E-state index contributed by atoms with van der Waals surface area (Å²) in [4.78, 5) is 39.9. The molecule has 8 nitrogen and oxygen atoms in total. The number of halogens is 2. The molecule has 2 aliphatic rings. The standard InChI is InChI=1S/C33H33Cl2N3O5/c1-33(2)42-29(31(40)43-33)19-36-30(39)24-10-8-21(9-11-24)20-38(32(41)37-27-17-25(34)16-26(35)18-27)28-14-12-23(13-15-28)22-6-4-3-5-7-22/h6,8-18,29H,3-5,7,19-20H2,1-2H3,(H,36,39)(H,37,41). The van der Waals surface area contributed by atoms with Gasteiger partial charge in [-0.15, -0.1) is 0 Å². The zero-order chi connectivity index (χ0) is 30.6. The van der Waals surface area contributed by atoms with E-state index in [1.807, 2.05) is 24.3 Å². The molecule has 43 heavy (non-hydrogen) atoms. The van der Waals surface area contributed by atoms with E-state index in [0.717, 1.165) is 24.0 Å². The van der Waals surface area contributed by atoms with Gasteiger partial charge in [0.25, 0.3) is 5.91 Å². The summed E-state index contributed by atoms with van der Waals surface area (Å²) in [5.74, 6) is -1.88. The molecule has 1 saturated heterocycles. The lowest BCUT2D eigenvalue weighted by Gasteiger charge is -2.24. The number of urea groups is 1. The Morgan fingerprint density at radius 2 is 1.67 bits per heavy atom. The molecule has 1 aliphatic carbocycles. The fourth-order valence-electron chi connectivity index (χ4n) is 5.13. The largest absolute Gasteiger partial charge is 0.432 e. The van der Waals surface area contributed by atoms with Crippen LogP contribution in [0.3, 0.4) is 0 Å². The SMILES string of the molecule is CC1(C)OC(=O)C(CNC(=O)c2ccc(CN(C(=O)Nc3cc(Cl)cc(Cl)c3)c3ccc(C4=CCCCC4)cc3)cc2)O1. The van der Waals surface area contributed by atoms with E-state index in [0.29, 0.717) is 27.0 Å². The summed E-state index contributed by atoms with van der Waals surface area (Å²) in [6.07, 6.45) is 5.95. The minimum atomic E-state index is -1.02. The topological polar surface area (TPSA) is 97.0 Å². The number of carbonyl (C=O) groups excluding carboxylic acids is 3. The average molecular weight is 623 g/mol. The van der Waals surface area contributed by atoms with E-state index in [2.05, 4.69) is 16.7 Å². The van der Waals surface area contributed by atoms with Gasteiger partial charge in [-0.05, 0) is 84.8 Å². The monoisotopic (exact) mass is 621 g/mol. The van der Waals surface area contributed by atoms with E-state index < -0.39 is 17.9 Å². The van der Waals surface area contributed by atoms with Crippen molar-refractivity contribution in [2.45, 2.75) is 58.0 Å². The minimum Gasteiger partial charge on any atom is -0.432 e. The smallest absolute Gasteiger partial charge is 0.339 e. The molecule has 1 aliphatic heterocycles. The van der Waals surface area contributed by atoms with E-state index in [1.54, 1.807) is 61.2 Å². The highest BCUT2D eigenvalue weighted by Gasteiger charge is 2.41. The zero-order valence-electron chi connectivity index (χ0n) is 24.0. The third-order valence-electron chi connectivity index (χ3n) is 7.24. The Labute approximate surface area is 260 Å². The van der Waals surface area contributed by atoms with Crippen molar-refractivity contribution in [1.29, 1.82) is 0 Å². The van der Waals surface area contributed by atoms with Crippen LogP contribution in [0.4, 0.5) is 16.2 Å². The first kappa shape index (κ1) is 30.6. The van der Waals surface area contributed by atoms with Gasteiger partial charge in [-0.25, -0.2) is 9.59 Å². The zero-order valence-corrected chi connectivity index (χ0v) is 25.5. The van der Waals surface area contributed by atoms with E-state index >= 15 is 0 Å². The lowest BCUT2D eigenvalue weighted by Crippen LogP contribution is -2.36. The highest BCUT2D eigenvalue weighted by Crippen LogP contribution is 2.30. The molecular weight excluding hydrogens is 589 g/mol. The number of cyclic esters (lactones) is 1. The predicted molar refractivity (Wildman–Crippen MR) is 168 cm³/mol. The first-order valence-corrected chi connectivity index (χ1v) is 14.9. The van der Waals surface area contributed by atoms with E-state index in [1.165, 1.54) is 18.4 Å². The quantitative estimate of drug-likeness (QED) is 0.252. The molecule has 0 bridgehead atoms. The van der Waals surface area contributed by atoms with Crippen molar-refractivity contribution in [3.8, 4) is 0 Å². The molecule has 3 amide bonds. The van der Waals surface area contributed by atoms with E-state index in [4.69, 9.17) is 32.7 Å². The fraction of sp³-hybridized carbons (Fsp3) is 0.303. The molecule has 5 rings (SSSR count). The maximum Gasteiger partial charge on any atom is 0.339 e.